The molecule has 0 spiro atoms. The third kappa shape index (κ3) is 4.72. The average molecular weight is 484 g/mol. The molecule has 0 aliphatic rings. The van der Waals surface area contributed by atoms with E-state index in [1.54, 1.807) is 13.0 Å². The molecule has 0 aliphatic carbocycles. The highest BCUT2D eigenvalue weighted by Crippen LogP contribution is 2.30. The average Bonchev–Trinajstić information content (AvgIpc) is 2.79. The predicted octanol–water partition coefficient (Wildman–Crippen LogP) is 4.64. The maximum absolute atomic E-state index is 13.1. The number of hydrogen-bond acceptors (Lipinski definition) is 6. The van der Waals surface area contributed by atoms with Gasteiger partial charge in [-0.2, -0.15) is 18.3 Å². The van der Waals surface area contributed by atoms with Gasteiger partial charge < -0.3 is 9.15 Å². The maximum Gasteiger partial charge on any atom is 0.416 e. The summed E-state index contributed by atoms with van der Waals surface area (Å²) in [5.41, 5.74) is -0.233. The van der Waals surface area contributed by atoms with Crippen molar-refractivity contribution in [3.8, 4) is 5.69 Å². The van der Waals surface area contributed by atoms with E-state index in [0.29, 0.717) is 16.5 Å². The van der Waals surface area contributed by atoms with Crippen LogP contribution < -0.4 is 11.1 Å². The summed E-state index contributed by atoms with van der Waals surface area (Å²) in [7, 11) is 0. The molecular formula is C25H19F3N2O5. The molecule has 0 amide bonds. The number of carbonyl (C=O) groups is 1. The third-order valence-electron chi connectivity index (χ3n) is 5.60. The van der Waals surface area contributed by atoms with Crippen LogP contribution in [0.15, 0.2) is 62.5 Å². The largest absolute Gasteiger partial charge is 0.456 e. The Bertz CT molecular complexity index is 1590. The van der Waals surface area contributed by atoms with Gasteiger partial charge in [-0.15, -0.1) is 0 Å². The first kappa shape index (κ1) is 23.9. The molecule has 0 atom stereocenters. The Morgan fingerprint density at radius 1 is 1.06 bits per heavy atom. The number of rotatable bonds is 4. The molecule has 7 nitrogen and oxygen atoms in total. The fraction of sp³-hybridized carbons (Fsp3) is 0.200. The minimum absolute atomic E-state index is 0.0175. The molecule has 2 aromatic heterocycles. The molecule has 0 N–H and O–H groups in total. The Kier molecular flexibility index (Phi) is 6.06. The molecule has 180 valence electrons. The number of carbonyl (C=O) groups excluding carboxylic acids is 1. The first-order valence-corrected chi connectivity index (χ1v) is 10.4. The molecule has 10 heteroatoms. The molecule has 4 rings (SSSR count). The molecule has 0 radical (unpaired) electrons. The number of ether oxygens (including phenoxy) is 1. The normalized spacial score (nSPS) is 11.6. The minimum atomic E-state index is -4.58. The molecule has 0 bridgehead atoms. The summed E-state index contributed by atoms with van der Waals surface area (Å²) >= 11 is 0. The zero-order chi connectivity index (χ0) is 25.5. The summed E-state index contributed by atoms with van der Waals surface area (Å²) < 4.78 is 51.0. The highest BCUT2D eigenvalue weighted by molar-refractivity contribution is 5.88. The number of halogens is 3. The number of fused-ring (bicyclic) bond motifs is 1. The van der Waals surface area contributed by atoms with E-state index in [2.05, 4.69) is 5.10 Å². The molecule has 0 saturated carbocycles. The van der Waals surface area contributed by atoms with Crippen molar-refractivity contribution in [1.82, 2.24) is 9.78 Å². The third-order valence-corrected chi connectivity index (χ3v) is 5.60. The lowest BCUT2D eigenvalue weighted by molar-refractivity contribution is -0.137. The van der Waals surface area contributed by atoms with Crippen molar-refractivity contribution >= 4 is 16.9 Å². The Labute approximate surface area is 196 Å². The van der Waals surface area contributed by atoms with Gasteiger partial charge >= 0.3 is 17.8 Å². The molecule has 2 heterocycles. The highest BCUT2D eigenvalue weighted by Gasteiger charge is 2.30. The van der Waals surface area contributed by atoms with Crippen LogP contribution in [-0.4, -0.2) is 15.7 Å². The second kappa shape index (κ2) is 8.86. The monoisotopic (exact) mass is 484 g/mol. The first-order valence-electron chi connectivity index (χ1n) is 10.4. The van der Waals surface area contributed by atoms with Crippen molar-refractivity contribution in [3.05, 3.63) is 103 Å². The molecule has 35 heavy (non-hydrogen) atoms. The van der Waals surface area contributed by atoms with Gasteiger partial charge in [0.25, 0.3) is 0 Å². The van der Waals surface area contributed by atoms with Crippen molar-refractivity contribution in [3.63, 3.8) is 0 Å². The topological polar surface area (TPSA) is 91.4 Å². The van der Waals surface area contributed by atoms with Gasteiger partial charge in [0.15, 0.2) is 0 Å². The van der Waals surface area contributed by atoms with Crippen LogP contribution in [0.3, 0.4) is 0 Å². The molecule has 2 aromatic carbocycles. The van der Waals surface area contributed by atoms with Crippen LogP contribution in [0.2, 0.25) is 0 Å². The van der Waals surface area contributed by atoms with Crippen LogP contribution in [0.5, 0.6) is 0 Å². The van der Waals surface area contributed by atoms with E-state index >= 15 is 0 Å². The van der Waals surface area contributed by atoms with Crippen LogP contribution >= 0.6 is 0 Å². The molecular weight excluding hydrogens is 465 g/mol. The van der Waals surface area contributed by atoms with Crippen molar-refractivity contribution in [1.29, 1.82) is 0 Å². The van der Waals surface area contributed by atoms with Crippen LogP contribution in [0, 0.1) is 20.8 Å². The van der Waals surface area contributed by atoms with Crippen LogP contribution in [0.1, 0.15) is 38.4 Å². The molecule has 0 unspecified atom stereocenters. The second-order valence-electron chi connectivity index (χ2n) is 8.01. The van der Waals surface area contributed by atoms with Gasteiger partial charge in [-0.3, -0.25) is 4.79 Å². The van der Waals surface area contributed by atoms with E-state index in [-0.39, 0.29) is 18.0 Å². The maximum atomic E-state index is 13.1. The Morgan fingerprint density at radius 3 is 2.51 bits per heavy atom. The Balaban J connectivity index is 1.68. The van der Waals surface area contributed by atoms with Gasteiger partial charge in [-0.25, -0.2) is 14.3 Å². The van der Waals surface area contributed by atoms with Gasteiger partial charge in [0.05, 0.1) is 11.3 Å². The second-order valence-corrected chi connectivity index (χ2v) is 8.01. The van der Waals surface area contributed by atoms with E-state index < -0.39 is 34.5 Å². The van der Waals surface area contributed by atoms with Gasteiger partial charge in [0.2, 0.25) is 11.1 Å². The highest BCUT2D eigenvalue weighted by atomic mass is 19.4. The van der Waals surface area contributed by atoms with Crippen molar-refractivity contribution in [2.45, 2.75) is 33.6 Å². The summed E-state index contributed by atoms with van der Waals surface area (Å²) in [6.07, 6.45) is -4.58. The lowest BCUT2D eigenvalue weighted by Crippen LogP contribution is -2.24. The number of aryl methyl sites for hydroxylation is 3. The summed E-state index contributed by atoms with van der Waals surface area (Å²) in [6.45, 7) is 4.79. The number of esters is 1. The van der Waals surface area contributed by atoms with Crippen molar-refractivity contribution < 1.29 is 27.1 Å². The van der Waals surface area contributed by atoms with Crippen molar-refractivity contribution in [2.24, 2.45) is 0 Å². The SMILES string of the molecule is Cc1ccc2c(COC(=O)c3nn(-c4cccc(C(F)(F)F)c4)c(C)cc3=O)cc(=O)oc2c1C. The van der Waals surface area contributed by atoms with Gasteiger partial charge in [-0.1, -0.05) is 18.2 Å². The fourth-order valence-electron chi connectivity index (χ4n) is 3.62. The predicted molar refractivity (Wildman–Crippen MR) is 121 cm³/mol. The molecule has 0 aliphatic heterocycles. The van der Waals surface area contributed by atoms with Crippen LogP contribution in [0.25, 0.3) is 16.7 Å². The smallest absolute Gasteiger partial charge is 0.416 e. The van der Waals surface area contributed by atoms with Crippen molar-refractivity contribution in [2.75, 3.05) is 0 Å². The van der Waals surface area contributed by atoms with E-state index in [9.17, 15) is 27.6 Å². The van der Waals surface area contributed by atoms with E-state index in [0.717, 1.165) is 34.0 Å². The number of hydrogen-bond donors (Lipinski definition) is 0. The Hall–Kier alpha value is -4.21. The lowest BCUT2D eigenvalue weighted by Gasteiger charge is -2.13. The van der Waals surface area contributed by atoms with E-state index in [1.165, 1.54) is 25.1 Å². The molecule has 0 saturated heterocycles. The Morgan fingerprint density at radius 2 is 1.80 bits per heavy atom. The molecule has 4 aromatic rings. The number of nitrogens with zero attached hydrogens (tertiary/aromatic N) is 2. The summed E-state index contributed by atoms with van der Waals surface area (Å²) in [5, 5.41) is 4.53. The first-order chi connectivity index (χ1) is 16.5. The zero-order valence-corrected chi connectivity index (χ0v) is 18.9. The molecule has 0 fully saturated rings. The summed E-state index contributed by atoms with van der Waals surface area (Å²) in [4.78, 5) is 37.2. The summed E-state index contributed by atoms with van der Waals surface area (Å²) in [5.74, 6) is -1.08. The van der Waals surface area contributed by atoms with Crippen LogP contribution in [-0.2, 0) is 17.5 Å². The van der Waals surface area contributed by atoms with Crippen LogP contribution in [0.4, 0.5) is 13.2 Å². The number of benzene rings is 2. The number of aromatic nitrogens is 2. The quantitative estimate of drug-likeness (QED) is 0.310. The summed E-state index contributed by atoms with van der Waals surface area (Å²) in [6, 6.07) is 10.2. The van der Waals surface area contributed by atoms with E-state index in [1.807, 2.05) is 13.0 Å². The standard InChI is InChI=1S/C25H19F3N2O5/c1-13-7-8-19-16(10-21(32)35-23(19)15(13)3)12-34-24(33)22-20(31)9-14(2)30(29-22)18-6-4-5-17(11-18)25(26,27)28/h4-11H,12H2,1-3H3. The zero-order valence-electron chi connectivity index (χ0n) is 18.9. The lowest BCUT2D eigenvalue weighted by atomic mass is 10.0. The minimum Gasteiger partial charge on any atom is -0.456 e. The van der Waals surface area contributed by atoms with Gasteiger partial charge in [0.1, 0.15) is 12.2 Å². The number of alkyl halides is 3. The van der Waals surface area contributed by atoms with Gasteiger partial charge in [0, 0.05) is 28.8 Å². The van der Waals surface area contributed by atoms with Gasteiger partial charge in [-0.05, 0) is 50.1 Å². The fourth-order valence-corrected chi connectivity index (χ4v) is 3.62. The van der Waals surface area contributed by atoms with E-state index in [4.69, 9.17) is 9.15 Å².